The second-order valence-electron chi connectivity index (χ2n) is 6.96. The molecule has 0 bridgehead atoms. The van der Waals surface area contributed by atoms with Gasteiger partial charge in [-0.1, -0.05) is 6.92 Å². The molecule has 118 valence electrons. The van der Waals surface area contributed by atoms with Crippen molar-refractivity contribution in [2.45, 2.75) is 46.1 Å². The van der Waals surface area contributed by atoms with Crippen molar-refractivity contribution in [1.82, 2.24) is 20.0 Å². The van der Waals surface area contributed by atoms with Crippen LogP contribution in [-0.4, -0.2) is 46.8 Å². The third-order valence-electron chi connectivity index (χ3n) is 4.13. The molecule has 0 aromatic carbocycles. The van der Waals surface area contributed by atoms with Crippen LogP contribution < -0.4 is 5.32 Å². The summed E-state index contributed by atoms with van der Waals surface area (Å²) >= 11 is 0. The maximum atomic E-state index is 12.2. The van der Waals surface area contributed by atoms with Crippen molar-refractivity contribution in [2.24, 2.45) is 5.92 Å². The molecule has 2 heterocycles. The van der Waals surface area contributed by atoms with Crippen molar-refractivity contribution < 1.29 is 4.79 Å². The first-order chi connectivity index (χ1) is 9.90. The van der Waals surface area contributed by atoms with E-state index in [-0.39, 0.29) is 11.4 Å². The highest BCUT2D eigenvalue weighted by atomic mass is 16.1. The summed E-state index contributed by atoms with van der Waals surface area (Å²) in [4.78, 5) is 14.7. The van der Waals surface area contributed by atoms with Crippen LogP contribution in [0.3, 0.4) is 0 Å². The first-order valence-corrected chi connectivity index (χ1v) is 7.96. The summed E-state index contributed by atoms with van der Waals surface area (Å²) in [5.41, 5.74) is 0.553. The van der Waals surface area contributed by atoms with Gasteiger partial charge in [0.2, 0.25) is 0 Å². The second-order valence-corrected chi connectivity index (χ2v) is 6.96. The summed E-state index contributed by atoms with van der Waals surface area (Å²) in [7, 11) is 0. The Morgan fingerprint density at radius 3 is 2.86 bits per heavy atom. The van der Waals surface area contributed by atoms with Crippen molar-refractivity contribution in [3.63, 3.8) is 0 Å². The van der Waals surface area contributed by atoms with Gasteiger partial charge < -0.3 is 10.2 Å². The van der Waals surface area contributed by atoms with E-state index in [1.165, 1.54) is 19.4 Å². The van der Waals surface area contributed by atoms with Gasteiger partial charge in [0.25, 0.3) is 5.91 Å². The molecule has 1 aromatic heterocycles. The molecule has 1 aliphatic heterocycles. The molecule has 1 aromatic rings. The van der Waals surface area contributed by atoms with E-state index in [0.717, 1.165) is 19.6 Å². The Labute approximate surface area is 127 Å². The summed E-state index contributed by atoms with van der Waals surface area (Å²) in [6.07, 6.45) is 5.92. The number of piperidine rings is 1. The van der Waals surface area contributed by atoms with Crippen LogP contribution in [0.5, 0.6) is 0 Å². The Hall–Kier alpha value is -1.36. The van der Waals surface area contributed by atoms with E-state index in [9.17, 15) is 4.79 Å². The van der Waals surface area contributed by atoms with E-state index < -0.39 is 0 Å². The molecule has 5 nitrogen and oxygen atoms in total. The molecule has 0 radical (unpaired) electrons. The van der Waals surface area contributed by atoms with E-state index in [4.69, 9.17) is 0 Å². The monoisotopic (exact) mass is 292 g/mol. The molecule has 21 heavy (non-hydrogen) atoms. The van der Waals surface area contributed by atoms with Crippen molar-refractivity contribution in [3.8, 4) is 0 Å². The maximum absolute atomic E-state index is 12.2. The van der Waals surface area contributed by atoms with Gasteiger partial charge in [-0.3, -0.25) is 9.48 Å². The minimum atomic E-state index is -0.0937. The molecule has 0 aliphatic carbocycles. The average Bonchev–Trinajstić information content (AvgIpc) is 2.95. The van der Waals surface area contributed by atoms with Crippen LogP contribution in [0.2, 0.25) is 0 Å². The fraction of sp³-hybridized carbons (Fsp3) is 0.750. The van der Waals surface area contributed by atoms with Gasteiger partial charge in [-0.2, -0.15) is 5.10 Å². The number of nitrogens with zero attached hydrogens (tertiary/aromatic N) is 3. The second kappa shape index (κ2) is 6.60. The first kappa shape index (κ1) is 16.0. The molecule has 1 atom stereocenters. The number of hydrogen-bond acceptors (Lipinski definition) is 3. The summed E-state index contributed by atoms with van der Waals surface area (Å²) in [6.45, 7) is 12.6. The molecule has 1 aliphatic rings. The molecule has 1 N–H and O–H groups in total. The highest BCUT2D eigenvalue weighted by Gasteiger charge is 2.20. The Balaban J connectivity index is 1.86. The van der Waals surface area contributed by atoms with Crippen LogP contribution in [0.15, 0.2) is 12.4 Å². The fourth-order valence-corrected chi connectivity index (χ4v) is 2.75. The highest BCUT2D eigenvalue weighted by Crippen LogP contribution is 2.16. The first-order valence-electron chi connectivity index (χ1n) is 7.96. The van der Waals surface area contributed by atoms with Crippen molar-refractivity contribution >= 4 is 5.91 Å². The molecule has 1 fully saturated rings. The molecule has 0 unspecified atom stereocenters. The van der Waals surface area contributed by atoms with Crippen molar-refractivity contribution in [2.75, 3.05) is 26.2 Å². The molecular weight excluding hydrogens is 264 g/mol. The Bertz CT molecular complexity index is 475. The number of carbonyl (C=O) groups is 1. The molecule has 1 saturated heterocycles. The minimum absolute atomic E-state index is 0.0147. The third-order valence-corrected chi connectivity index (χ3v) is 4.13. The molecular formula is C16H28N4O. The average molecular weight is 292 g/mol. The van der Waals surface area contributed by atoms with Crippen LogP contribution in [0.25, 0.3) is 0 Å². The summed E-state index contributed by atoms with van der Waals surface area (Å²) in [5, 5.41) is 7.34. The van der Waals surface area contributed by atoms with E-state index >= 15 is 0 Å². The van der Waals surface area contributed by atoms with Crippen molar-refractivity contribution in [1.29, 1.82) is 0 Å². The lowest BCUT2D eigenvalue weighted by molar-refractivity contribution is 0.0933. The van der Waals surface area contributed by atoms with E-state index in [2.05, 4.69) is 43.0 Å². The largest absolute Gasteiger partial charge is 0.352 e. The number of hydrogen-bond donors (Lipinski definition) is 1. The number of carbonyl (C=O) groups excluding carboxylic acids is 1. The molecule has 1 amide bonds. The SMILES string of the molecule is CCN1CCC[C@@H](CNC(=O)c2cnn(C(C)(C)C)c2)C1. The fourth-order valence-electron chi connectivity index (χ4n) is 2.75. The zero-order valence-corrected chi connectivity index (χ0v) is 13.7. The Morgan fingerprint density at radius 1 is 1.48 bits per heavy atom. The summed E-state index contributed by atoms with van der Waals surface area (Å²) in [5.74, 6) is 0.555. The van der Waals surface area contributed by atoms with E-state index in [1.54, 1.807) is 6.20 Å². The van der Waals surface area contributed by atoms with Crippen LogP contribution >= 0.6 is 0 Å². The van der Waals surface area contributed by atoms with Crippen LogP contribution in [0.1, 0.15) is 50.9 Å². The quantitative estimate of drug-likeness (QED) is 0.924. The van der Waals surface area contributed by atoms with Gasteiger partial charge in [0.05, 0.1) is 17.3 Å². The van der Waals surface area contributed by atoms with E-state index in [1.807, 2.05) is 10.9 Å². The highest BCUT2D eigenvalue weighted by molar-refractivity contribution is 5.93. The van der Waals surface area contributed by atoms with Crippen LogP contribution in [-0.2, 0) is 5.54 Å². The van der Waals surface area contributed by atoms with Gasteiger partial charge in [-0.25, -0.2) is 0 Å². The third kappa shape index (κ3) is 4.30. The normalized spacial score (nSPS) is 20.5. The standard InChI is InChI=1S/C16H28N4O/c1-5-19-8-6-7-13(11-19)9-17-15(21)14-10-18-20(12-14)16(2,3)4/h10,12-13H,5-9,11H2,1-4H3,(H,17,21)/t13-/m0/s1. The number of rotatable bonds is 4. The predicted molar refractivity (Wildman–Crippen MR) is 84.4 cm³/mol. The lowest BCUT2D eigenvalue weighted by atomic mass is 9.98. The van der Waals surface area contributed by atoms with Gasteiger partial charge >= 0.3 is 0 Å². The smallest absolute Gasteiger partial charge is 0.254 e. The Morgan fingerprint density at radius 2 is 2.24 bits per heavy atom. The van der Waals surface area contributed by atoms with Gasteiger partial charge in [0, 0.05) is 19.3 Å². The predicted octanol–water partition coefficient (Wildman–Crippen LogP) is 2.10. The molecule has 0 spiro atoms. The number of likely N-dealkylation sites (tertiary alicyclic amines) is 1. The van der Waals surface area contributed by atoms with Gasteiger partial charge in [0.15, 0.2) is 0 Å². The van der Waals surface area contributed by atoms with Crippen LogP contribution in [0.4, 0.5) is 0 Å². The lowest BCUT2D eigenvalue weighted by Gasteiger charge is -2.31. The van der Waals surface area contributed by atoms with Gasteiger partial charge in [-0.05, 0) is 52.6 Å². The number of aromatic nitrogens is 2. The zero-order valence-electron chi connectivity index (χ0n) is 13.7. The topological polar surface area (TPSA) is 50.2 Å². The van der Waals surface area contributed by atoms with Crippen molar-refractivity contribution in [3.05, 3.63) is 18.0 Å². The molecule has 0 saturated carbocycles. The summed E-state index contributed by atoms with van der Waals surface area (Å²) < 4.78 is 1.83. The van der Waals surface area contributed by atoms with Gasteiger partial charge in [-0.15, -0.1) is 0 Å². The number of amides is 1. The van der Waals surface area contributed by atoms with Crippen LogP contribution in [0, 0.1) is 5.92 Å². The Kier molecular flexibility index (Phi) is 5.04. The number of nitrogens with one attached hydrogen (secondary N) is 1. The van der Waals surface area contributed by atoms with Gasteiger partial charge in [0.1, 0.15) is 0 Å². The zero-order chi connectivity index (χ0) is 15.5. The molecule has 2 rings (SSSR count). The maximum Gasteiger partial charge on any atom is 0.254 e. The van der Waals surface area contributed by atoms with E-state index in [0.29, 0.717) is 11.5 Å². The summed E-state index contributed by atoms with van der Waals surface area (Å²) in [6, 6.07) is 0. The molecule has 5 heteroatoms. The lowest BCUT2D eigenvalue weighted by Crippen LogP contribution is -2.40. The minimum Gasteiger partial charge on any atom is -0.352 e.